The molecule has 0 unspecified atom stereocenters. The number of thiophene rings is 1. The Morgan fingerprint density at radius 2 is 2.00 bits per heavy atom. The van der Waals surface area contributed by atoms with E-state index in [9.17, 15) is 19.5 Å². The van der Waals surface area contributed by atoms with Crippen molar-refractivity contribution in [2.45, 2.75) is 6.54 Å². The second kappa shape index (κ2) is 8.52. The van der Waals surface area contributed by atoms with E-state index in [2.05, 4.69) is 20.6 Å². The van der Waals surface area contributed by atoms with Crippen LogP contribution in [0.1, 0.15) is 16.1 Å². The first-order chi connectivity index (χ1) is 13.8. The largest absolute Gasteiger partial charge is 0.501 e. The van der Waals surface area contributed by atoms with E-state index in [0.29, 0.717) is 20.5 Å². The van der Waals surface area contributed by atoms with Gasteiger partial charge in [-0.15, -0.1) is 11.3 Å². The van der Waals surface area contributed by atoms with Crippen LogP contribution in [0.4, 0.5) is 10.5 Å². The van der Waals surface area contributed by atoms with E-state index in [1.54, 1.807) is 29.6 Å². The lowest BCUT2D eigenvalue weighted by molar-refractivity contribution is 0.0686. The summed E-state index contributed by atoms with van der Waals surface area (Å²) in [5.41, 5.74) is -0.889. The van der Waals surface area contributed by atoms with E-state index >= 15 is 0 Å². The number of carbonyl (C=O) groups is 2. The van der Waals surface area contributed by atoms with Gasteiger partial charge in [-0.05, 0) is 35.2 Å². The number of amides is 2. The Hall–Kier alpha value is -3.08. The Morgan fingerprint density at radius 1 is 1.24 bits per heavy atom. The molecule has 0 radical (unpaired) electrons. The average Bonchev–Trinajstić information content (AvgIpc) is 3.12. The first kappa shape index (κ1) is 20.6. The number of hydrogen-bond donors (Lipinski definition) is 5. The standard InChI is InChI=1S/C17H12Cl2N4O5S/c18-8-1-2-9(19)7(5-8)6-20-17(28)21-10-3-4-29-13(10)14-22-11(16(26)27)12(24)15(25)23-14/h1-5,24H,6H2,(H,26,27)(H2,20,21,28)(H,22,23,25). The summed E-state index contributed by atoms with van der Waals surface area (Å²) in [5, 5.41) is 26.4. The second-order valence-electron chi connectivity index (χ2n) is 5.62. The Kier molecular flexibility index (Phi) is 6.06. The van der Waals surface area contributed by atoms with Gasteiger partial charge in [0.2, 0.25) is 5.75 Å². The van der Waals surface area contributed by atoms with E-state index in [1.165, 1.54) is 0 Å². The minimum atomic E-state index is -1.56. The zero-order valence-corrected chi connectivity index (χ0v) is 16.7. The fourth-order valence-electron chi connectivity index (χ4n) is 2.34. The summed E-state index contributed by atoms with van der Waals surface area (Å²) in [5.74, 6) is -2.66. The number of benzene rings is 1. The molecule has 0 atom stereocenters. The van der Waals surface area contributed by atoms with Gasteiger partial charge in [0.1, 0.15) is 0 Å². The van der Waals surface area contributed by atoms with Crippen molar-refractivity contribution < 1.29 is 19.8 Å². The third-order valence-corrected chi connectivity index (χ3v) is 5.20. The molecule has 0 bridgehead atoms. The number of anilines is 1. The third kappa shape index (κ3) is 4.67. The number of carboxylic acid groups (broad SMARTS) is 1. The number of aromatic nitrogens is 2. The minimum Gasteiger partial charge on any atom is -0.501 e. The lowest BCUT2D eigenvalue weighted by Gasteiger charge is -2.10. The number of nitrogens with one attached hydrogen (secondary N) is 3. The molecule has 5 N–H and O–H groups in total. The highest BCUT2D eigenvalue weighted by Gasteiger charge is 2.20. The van der Waals surface area contributed by atoms with Gasteiger partial charge in [-0.25, -0.2) is 14.6 Å². The molecule has 2 heterocycles. The molecule has 12 heteroatoms. The van der Waals surface area contributed by atoms with Crippen molar-refractivity contribution in [3.8, 4) is 16.5 Å². The van der Waals surface area contributed by atoms with Crippen LogP contribution in [0.3, 0.4) is 0 Å². The molecule has 0 aliphatic rings. The fourth-order valence-corrected chi connectivity index (χ4v) is 3.51. The molecule has 0 aliphatic heterocycles. The molecular weight excluding hydrogens is 443 g/mol. The van der Waals surface area contributed by atoms with Crippen molar-refractivity contribution in [1.82, 2.24) is 15.3 Å². The number of aromatic amines is 1. The molecule has 150 valence electrons. The van der Waals surface area contributed by atoms with Gasteiger partial charge < -0.3 is 25.8 Å². The summed E-state index contributed by atoms with van der Waals surface area (Å²) in [4.78, 5) is 41.5. The lowest BCUT2D eigenvalue weighted by Crippen LogP contribution is -2.28. The van der Waals surface area contributed by atoms with Gasteiger partial charge in [0.25, 0.3) is 5.56 Å². The lowest BCUT2D eigenvalue weighted by atomic mass is 10.2. The number of rotatable bonds is 5. The Labute approximate surface area is 176 Å². The number of urea groups is 1. The summed E-state index contributed by atoms with van der Waals surface area (Å²) in [6, 6.07) is 5.85. The van der Waals surface area contributed by atoms with E-state index in [1.807, 2.05) is 0 Å². The Balaban J connectivity index is 1.79. The van der Waals surface area contributed by atoms with Crippen molar-refractivity contribution in [1.29, 1.82) is 0 Å². The summed E-state index contributed by atoms with van der Waals surface area (Å²) in [6.07, 6.45) is 0. The van der Waals surface area contributed by atoms with Crippen LogP contribution in [-0.4, -0.2) is 32.2 Å². The van der Waals surface area contributed by atoms with Crippen molar-refractivity contribution in [2.24, 2.45) is 0 Å². The number of nitrogens with zero attached hydrogens (tertiary/aromatic N) is 1. The van der Waals surface area contributed by atoms with Gasteiger partial charge in [-0.1, -0.05) is 23.2 Å². The molecule has 9 nitrogen and oxygen atoms in total. The topological polar surface area (TPSA) is 144 Å². The van der Waals surface area contributed by atoms with Crippen LogP contribution in [0.2, 0.25) is 10.0 Å². The third-order valence-electron chi connectivity index (χ3n) is 3.67. The van der Waals surface area contributed by atoms with Crippen molar-refractivity contribution in [3.05, 3.63) is 61.3 Å². The molecule has 0 spiro atoms. The molecule has 1 aromatic carbocycles. The molecule has 3 aromatic rings. The molecule has 2 amide bonds. The normalized spacial score (nSPS) is 10.6. The fraction of sp³-hybridized carbons (Fsp3) is 0.0588. The number of H-pyrrole nitrogens is 1. The van der Waals surface area contributed by atoms with Crippen LogP contribution in [-0.2, 0) is 6.54 Å². The number of hydrogen-bond acceptors (Lipinski definition) is 6. The van der Waals surface area contributed by atoms with E-state index in [-0.39, 0.29) is 18.1 Å². The van der Waals surface area contributed by atoms with Gasteiger partial charge in [0, 0.05) is 16.6 Å². The maximum atomic E-state index is 12.2. The predicted octanol–water partition coefficient (Wildman–Crippen LogP) is 3.53. The molecule has 29 heavy (non-hydrogen) atoms. The van der Waals surface area contributed by atoms with Crippen molar-refractivity contribution >= 4 is 52.2 Å². The highest BCUT2D eigenvalue weighted by atomic mass is 35.5. The van der Waals surface area contributed by atoms with Gasteiger partial charge in [0.15, 0.2) is 11.5 Å². The van der Waals surface area contributed by atoms with Crippen LogP contribution in [0.5, 0.6) is 5.75 Å². The highest BCUT2D eigenvalue weighted by molar-refractivity contribution is 7.14. The summed E-state index contributed by atoms with van der Waals surface area (Å²) < 4.78 is 0. The molecule has 0 fully saturated rings. The zero-order valence-electron chi connectivity index (χ0n) is 14.3. The number of carbonyl (C=O) groups excluding carboxylic acids is 1. The first-order valence-electron chi connectivity index (χ1n) is 7.89. The molecular formula is C17H12Cl2N4O5S. The number of carboxylic acids is 1. The zero-order chi connectivity index (χ0) is 21.1. The van der Waals surface area contributed by atoms with Crippen LogP contribution >= 0.6 is 34.5 Å². The molecule has 2 aromatic heterocycles. The van der Waals surface area contributed by atoms with Gasteiger partial charge in [0.05, 0.1) is 10.6 Å². The van der Waals surface area contributed by atoms with E-state index < -0.39 is 29.0 Å². The van der Waals surface area contributed by atoms with E-state index in [0.717, 1.165) is 11.3 Å². The van der Waals surface area contributed by atoms with E-state index in [4.69, 9.17) is 28.3 Å². The first-order valence-corrected chi connectivity index (χ1v) is 9.53. The predicted molar refractivity (Wildman–Crippen MR) is 109 cm³/mol. The van der Waals surface area contributed by atoms with Gasteiger partial charge >= 0.3 is 12.0 Å². The summed E-state index contributed by atoms with van der Waals surface area (Å²) in [6.45, 7) is 0.113. The highest BCUT2D eigenvalue weighted by Crippen LogP contribution is 2.31. The van der Waals surface area contributed by atoms with Gasteiger partial charge in [-0.3, -0.25) is 4.79 Å². The number of aromatic carboxylic acids is 1. The number of halogens is 2. The second-order valence-corrected chi connectivity index (χ2v) is 7.38. The van der Waals surface area contributed by atoms with Crippen LogP contribution in [0.25, 0.3) is 10.7 Å². The SMILES string of the molecule is O=C(NCc1cc(Cl)ccc1Cl)Nc1ccsc1-c1nc(C(=O)O)c(O)c(=O)[nH]1. The van der Waals surface area contributed by atoms with Gasteiger partial charge in [-0.2, -0.15) is 0 Å². The van der Waals surface area contributed by atoms with Crippen LogP contribution in [0, 0.1) is 0 Å². The monoisotopic (exact) mass is 454 g/mol. The number of aromatic hydroxyl groups is 1. The smallest absolute Gasteiger partial charge is 0.358 e. The maximum absolute atomic E-state index is 12.2. The van der Waals surface area contributed by atoms with Crippen molar-refractivity contribution in [2.75, 3.05) is 5.32 Å². The molecule has 0 aliphatic carbocycles. The Morgan fingerprint density at radius 3 is 2.72 bits per heavy atom. The Bertz CT molecular complexity index is 1160. The maximum Gasteiger partial charge on any atom is 0.358 e. The van der Waals surface area contributed by atoms with Crippen LogP contribution in [0.15, 0.2) is 34.4 Å². The molecule has 3 rings (SSSR count). The summed E-state index contributed by atoms with van der Waals surface area (Å²) in [7, 11) is 0. The van der Waals surface area contributed by atoms with Crippen LogP contribution < -0.4 is 16.2 Å². The average molecular weight is 455 g/mol. The van der Waals surface area contributed by atoms with Crippen molar-refractivity contribution in [3.63, 3.8) is 0 Å². The quantitative estimate of drug-likeness (QED) is 0.398. The molecule has 0 saturated carbocycles. The minimum absolute atomic E-state index is 0.103. The summed E-state index contributed by atoms with van der Waals surface area (Å²) >= 11 is 13.1. The molecule has 0 saturated heterocycles.